The van der Waals surface area contributed by atoms with Crippen LogP contribution in [-0.4, -0.2) is 87.6 Å². The Labute approximate surface area is 207 Å². The van der Waals surface area contributed by atoms with Gasteiger partial charge in [-0.3, -0.25) is 4.90 Å². The first-order valence-electron chi connectivity index (χ1n) is 13.0. The lowest BCUT2D eigenvalue weighted by Gasteiger charge is -2.42. The molecular weight excluding hydrogens is 444 g/mol. The van der Waals surface area contributed by atoms with Gasteiger partial charge in [-0.25, -0.2) is 14.3 Å². The maximum atomic E-state index is 12.4. The molecule has 0 atom stereocenters. The molecule has 2 aromatic rings. The summed E-state index contributed by atoms with van der Waals surface area (Å²) in [6.07, 6.45) is 11.1. The second kappa shape index (κ2) is 10.1. The smallest absolute Gasteiger partial charge is 0.410 e. The normalized spacial score (nSPS) is 24.3. The molecule has 4 heterocycles. The number of hydrogen-bond donors (Lipinski definition) is 1. The molecule has 35 heavy (non-hydrogen) atoms. The van der Waals surface area contributed by atoms with E-state index in [2.05, 4.69) is 32.4 Å². The number of nitrogens with one attached hydrogen (secondary N) is 1. The fraction of sp³-hybridized carbons (Fsp3) is 0.654. The van der Waals surface area contributed by atoms with Crippen LogP contribution in [0.15, 0.2) is 24.7 Å². The first-order chi connectivity index (χ1) is 16.9. The molecule has 0 radical (unpaired) electrons. The summed E-state index contributed by atoms with van der Waals surface area (Å²) in [6, 6.07) is 3.12. The van der Waals surface area contributed by atoms with E-state index in [0.29, 0.717) is 18.7 Å². The molecule has 9 heteroatoms. The Hall–Kier alpha value is -2.65. The Morgan fingerprint density at radius 1 is 1.14 bits per heavy atom. The topological polar surface area (TPSA) is 84.2 Å². The SMILES string of the molecule is CC(C)(C)OC(=O)N1CCN(C2CCC(Nc3ncnn4ccc(C5=CCOCC5)c34)CC2)CC1. The molecule has 0 unspecified atom stereocenters. The third-order valence-electron chi connectivity index (χ3n) is 7.28. The van der Waals surface area contributed by atoms with E-state index in [1.165, 1.54) is 11.1 Å². The van der Waals surface area contributed by atoms with Crippen molar-refractivity contribution < 1.29 is 14.3 Å². The number of nitrogens with zero attached hydrogens (tertiary/aromatic N) is 5. The lowest BCUT2D eigenvalue weighted by Crippen LogP contribution is -2.53. The largest absolute Gasteiger partial charge is 0.444 e. The summed E-state index contributed by atoms with van der Waals surface area (Å²) < 4.78 is 13.0. The molecule has 0 bridgehead atoms. The van der Waals surface area contributed by atoms with Gasteiger partial charge in [-0.05, 0) is 64.5 Å². The predicted octanol–water partition coefficient (Wildman–Crippen LogP) is 3.81. The molecule has 1 saturated carbocycles. The first-order valence-corrected chi connectivity index (χ1v) is 13.0. The Kier molecular flexibility index (Phi) is 6.98. The minimum atomic E-state index is -0.446. The van der Waals surface area contributed by atoms with Crippen LogP contribution < -0.4 is 5.32 Å². The summed E-state index contributed by atoms with van der Waals surface area (Å²) in [4.78, 5) is 21.4. The van der Waals surface area contributed by atoms with E-state index in [-0.39, 0.29) is 6.09 Å². The number of amides is 1. The Bertz CT molecular complexity index is 1060. The standard InChI is InChI=1S/C26H38N6O3/c1-26(2,3)35-25(33)31-14-12-30(13-15-31)21-6-4-20(5-7-21)29-24-23-22(19-9-16-34-17-10-19)8-11-32(23)28-18-27-24/h8-9,11,18,20-21H,4-7,10,12-17H2,1-3H3,(H,27,28,29). The van der Waals surface area contributed by atoms with E-state index >= 15 is 0 Å². The van der Waals surface area contributed by atoms with Crippen LogP contribution in [0.2, 0.25) is 0 Å². The third-order valence-corrected chi connectivity index (χ3v) is 7.28. The summed E-state index contributed by atoms with van der Waals surface area (Å²) in [6.45, 7) is 10.5. The molecule has 0 aromatic carbocycles. The van der Waals surface area contributed by atoms with E-state index < -0.39 is 5.60 Å². The van der Waals surface area contributed by atoms with Crippen LogP contribution >= 0.6 is 0 Å². The van der Waals surface area contributed by atoms with Crippen LogP contribution in [-0.2, 0) is 9.47 Å². The van der Waals surface area contributed by atoms with Gasteiger partial charge >= 0.3 is 6.09 Å². The highest BCUT2D eigenvalue weighted by Crippen LogP contribution is 2.32. The third kappa shape index (κ3) is 5.62. The van der Waals surface area contributed by atoms with Crippen molar-refractivity contribution in [3.63, 3.8) is 0 Å². The zero-order chi connectivity index (χ0) is 24.4. The molecule has 1 saturated heterocycles. The molecule has 1 aliphatic carbocycles. The number of fused-ring (bicyclic) bond motifs is 1. The van der Waals surface area contributed by atoms with Crippen molar-refractivity contribution in [1.82, 2.24) is 24.4 Å². The first kappa shape index (κ1) is 24.1. The summed E-state index contributed by atoms with van der Waals surface area (Å²) >= 11 is 0. The quantitative estimate of drug-likeness (QED) is 0.709. The van der Waals surface area contributed by atoms with Crippen LogP contribution in [0.4, 0.5) is 10.6 Å². The maximum absolute atomic E-state index is 12.4. The molecule has 2 aliphatic heterocycles. The van der Waals surface area contributed by atoms with Gasteiger partial charge in [-0.2, -0.15) is 5.10 Å². The van der Waals surface area contributed by atoms with Gasteiger partial charge in [0.2, 0.25) is 0 Å². The molecule has 190 valence electrons. The number of hydrogen-bond acceptors (Lipinski definition) is 7. The molecule has 2 fully saturated rings. The van der Waals surface area contributed by atoms with Gasteiger partial charge in [-0.1, -0.05) is 6.08 Å². The van der Waals surface area contributed by atoms with Crippen molar-refractivity contribution in [2.24, 2.45) is 0 Å². The van der Waals surface area contributed by atoms with E-state index in [1.807, 2.05) is 36.4 Å². The van der Waals surface area contributed by atoms with E-state index in [9.17, 15) is 4.79 Å². The van der Waals surface area contributed by atoms with Crippen molar-refractivity contribution in [3.8, 4) is 0 Å². The van der Waals surface area contributed by atoms with Crippen molar-refractivity contribution in [2.45, 2.75) is 70.6 Å². The Morgan fingerprint density at radius 2 is 1.91 bits per heavy atom. The average Bonchev–Trinajstić information content (AvgIpc) is 3.30. The highest BCUT2D eigenvalue weighted by atomic mass is 16.6. The average molecular weight is 483 g/mol. The lowest BCUT2D eigenvalue weighted by molar-refractivity contribution is 0.00806. The van der Waals surface area contributed by atoms with Gasteiger partial charge in [0.15, 0.2) is 5.82 Å². The monoisotopic (exact) mass is 482 g/mol. The highest BCUT2D eigenvalue weighted by molar-refractivity contribution is 5.86. The number of rotatable bonds is 4. The van der Waals surface area contributed by atoms with Gasteiger partial charge in [0.1, 0.15) is 17.4 Å². The highest BCUT2D eigenvalue weighted by Gasteiger charge is 2.31. The minimum Gasteiger partial charge on any atom is -0.444 e. The molecule has 0 spiro atoms. The Morgan fingerprint density at radius 3 is 2.60 bits per heavy atom. The van der Waals surface area contributed by atoms with Crippen LogP contribution in [0.3, 0.4) is 0 Å². The van der Waals surface area contributed by atoms with Gasteiger partial charge in [0.05, 0.1) is 13.2 Å². The van der Waals surface area contributed by atoms with Gasteiger partial charge < -0.3 is 19.7 Å². The molecule has 9 nitrogen and oxygen atoms in total. The molecule has 3 aliphatic rings. The predicted molar refractivity (Wildman–Crippen MR) is 135 cm³/mol. The van der Waals surface area contributed by atoms with E-state index in [4.69, 9.17) is 9.47 Å². The molecular formula is C26H38N6O3. The van der Waals surface area contributed by atoms with E-state index in [0.717, 1.165) is 76.2 Å². The van der Waals surface area contributed by atoms with Crippen LogP contribution in [0.5, 0.6) is 0 Å². The van der Waals surface area contributed by atoms with Crippen molar-refractivity contribution >= 4 is 23.0 Å². The number of piperazine rings is 1. The minimum absolute atomic E-state index is 0.192. The molecule has 1 amide bonds. The molecule has 1 N–H and O–H groups in total. The second-order valence-electron chi connectivity index (χ2n) is 10.8. The van der Waals surface area contributed by atoms with Crippen LogP contribution in [0.1, 0.15) is 58.4 Å². The lowest BCUT2D eigenvalue weighted by atomic mass is 9.89. The zero-order valence-electron chi connectivity index (χ0n) is 21.2. The summed E-state index contributed by atoms with van der Waals surface area (Å²) in [5.74, 6) is 0.918. The summed E-state index contributed by atoms with van der Waals surface area (Å²) in [5.41, 5.74) is 3.12. The zero-order valence-corrected chi connectivity index (χ0v) is 21.2. The fourth-order valence-electron chi connectivity index (χ4n) is 5.47. The summed E-state index contributed by atoms with van der Waals surface area (Å²) in [5, 5.41) is 8.16. The van der Waals surface area contributed by atoms with Gasteiger partial charge in [0.25, 0.3) is 0 Å². The molecule has 5 rings (SSSR count). The van der Waals surface area contributed by atoms with Crippen molar-refractivity contribution in [1.29, 1.82) is 0 Å². The number of carbonyl (C=O) groups is 1. The number of ether oxygens (including phenoxy) is 2. The maximum Gasteiger partial charge on any atom is 0.410 e. The van der Waals surface area contributed by atoms with Crippen LogP contribution in [0, 0.1) is 0 Å². The number of carbonyl (C=O) groups excluding carboxylic acids is 1. The van der Waals surface area contributed by atoms with Crippen molar-refractivity contribution in [2.75, 3.05) is 44.7 Å². The second-order valence-corrected chi connectivity index (χ2v) is 10.8. The van der Waals surface area contributed by atoms with Crippen LogP contribution in [0.25, 0.3) is 11.1 Å². The van der Waals surface area contributed by atoms with Gasteiger partial charge in [-0.15, -0.1) is 0 Å². The fourth-order valence-corrected chi connectivity index (χ4v) is 5.47. The van der Waals surface area contributed by atoms with E-state index in [1.54, 1.807) is 6.33 Å². The Balaban J connectivity index is 1.16. The van der Waals surface area contributed by atoms with Gasteiger partial charge in [0, 0.05) is 50.0 Å². The number of anilines is 1. The molecule has 2 aromatic heterocycles. The number of aromatic nitrogens is 3. The summed E-state index contributed by atoms with van der Waals surface area (Å²) in [7, 11) is 0. The van der Waals surface area contributed by atoms with Crippen molar-refractivity contribution in [3.05, 3.63) is 30.2 Å².